The van der Waals surface area contributed by atoms with Gasteiger partial charge in [-0.3, -0.25) is 0 Å². The van der Waals surface area contributed by atoms with E-state index in [9.17, 15) is 0 Å². The van der Waals surface area contributed by atoms with Crippen molar-refractivity contribution in [3.63, 3.8) is 0 Å². The molecule has 4 nitrogen and oxygen atoms in total. The van der Waals surface area contributed by atoms with E-state index in [0.717, 1.165) is 37.7 Å². The van der Waals surface area contributed by atoms with Gasteiger partial charge in [0.25, 0.3) is 0 Å². The molecule has 4 heteroatoms. The molecule has 0 spiro atoms. The molecule has 0 radical (unpaired) electrons. The summed E-state index contributed by atoms with van der Waals surface area (Å²) in [6.07, 6.45) is 2.85. The van der Waals surface area contributed by atoms with Crippen molar-refractivity contribution in [2.75, 3.05) is 31.1 Å². The third-order valence-corrected chi connectivity index (χ3v) is 2.95. The van der Waals surface area contributed by atoms with Crippen molar-refractivity contribution in [1.82, 2.24) is 15.3 Å². The van der Waals surface area contributed by atoms with E-state index in [2.05, 4.69) is 27.1 Å². The van der Waals surface area contributed by atoms with Crippen LogP contribution in [0.25, 0.3) is 0 Å². The smallest absolute Gasteiger partial charge is 0.135 e. The van der Waals surface area contributed by atoms with E-state index >= 15 is 0 Å². The summed E-state index contributed by atoms with van der Waals surface area (Å²) in [5, 5.41) is 3.40. The summed E-state index contributed by atoms with van der Waals surface area (Å²) in [7, 11) is 0. The summed E-state index contributed by atoms with van der Waals surface area (Å²) in [5.41, 5.74) is 2.29. The van der Waals surface area contributed by atoms with E-state index in [-0.39, 0.29) is 0 Å². The molecule has 0 atom stereocenters. The fourth-order valence-electron chi connectivity index (χ4n) is 1.90. The second kappa shape index (κ2) is 4.57. The number of anilines is 1. The fraction of sp³-hybridized carbons (Fsp3) is 0.636. The van der Waals surface area contributed by atoms with Crippen molar-refractivity contribution >= 4 is 5.82 Å². The monoisotopic (exact) mass is 206 g/mol. The Labute approximate surface area is 90.7 Å². The van der Waals surface area contributed by atoms with Gasteiger partial charge < -0.3 is 10.2 Å². The number of nitrogens with one attached hydrogen (secondary N) is 1. The van der Waals surface area contributed by atoms with Gasteiger partial charge in [0.2, 0.25) is 0 Å². The van der Waals surface area contributed by atoms with Gasteiger partial charge >= 0.3 is 0 Å². The topological polar surface area (TPSA) is 41.1 Å². The molecule has 15 heavy (non-hydrogen) atoms. The first-order valence-electron chi connectivity index (χ1n) is 5.53. The van der Waals surface area contributed by atoms with Crippen LogP contribution in [0.4, 0.5) is 5.82 Å². The van der Waals surface area contributed by atoms with Crippen LogP contribution in [0.1, 0.15) is 17.7 Å². The highest BCUT2D eigenvalue weighted by molar-refractivity contribution is 5.47. The van der Waals surface area contributed by atoms with Crippen molar-refractivity contribution in [2.24, 2.45) is 0 Å². The summed E-state index contributed by atoms with van der Waals surface area (Å²) in [6.45, 7) is 8.42. The van der Waals surface area contributed by atoms with E-state index < -0.39 is 0 Å². The van der Waals surface area contributed by atoms with E-state index in [0.29, 0.717) is 0 Å². The summed E-state index contributed by atoms with van der Waals surface area (Å²) < 4.78 is 0. The lowest BCUT2D eigenvalue weighted by Crippen LogP contribution is -2.29. The Morgan fingerprint density at radius 2 is 2.07 bits per heavy atom. The first kappa shape index (κ1) is 10.4. The SMILES string of the molecule is Cc1ncnc(N2CCCNCC2)c1C. The zero-order valence-electron chi connectivity index (χ0n) is 9.45. The Balaban J connectivity index is 2.23. The minimum atomic E-state index is 1.04. The largest absolute Gasteiger partial charge is 0.355 e. The van der Waals surface area contributed by atoms with Crippen LogP contribution in [0.15, 0.2) is 6.33 Å². The molecule has 1 aromatic rings. The Morgan fingerprint density at radius 3 is 2.93 bits per heavy atom. The predicted molar refractivity (Wildman–Crippen MR) is 61.2 cm³/mol. The fourth-order valence-corrected chi connectivity index (χ4v) is 1.90. The molecule has 2 rings (SSSR count). The number of aromatic nitrogens is 2. The number of nitrogens with zero attached hydrogens (tertiary/aromatic N) is 3. The van der Waals surface area contributed by atoms with Crippen molar-refractivity contribution in [1.29, 1.82) is 0 Å². The second-order valence-corrected chi connectivity index (χ2v) is 4.00. The van der Waals surface area contributed by atoms with Crippen LogP contribution in [-0.4, -0.2) is 36.1 Å². The normalized spacial score (nSPS) is 17.6. The molecule has 0 bridgehead atoms. The highest BCUT2D eigenvalue weighted by atomic mass is 15.2. The molecule has 1 saturated heterocycles. The summed E-state index contributed by atoms with van der Waals surface area (Å²) in [4.78, 5) is 10.9. The maximum absolute atomic E-state index is 4.39. The molecule has 0 amide bonds. The van der Waals surface area contributed by atoms with Crippen LogP contribution in [0.5, 0.6) is 0 Å². The van der Waals surface area contributed by atoms with Gasteiger partial charge in [-0.2, -0.15) is 0 Å². The predicted octanol–water partition coefficient (Wildman–Crippen LogP) is 0.893. The molecule has 0 aliphatic carbocycles. The van der Waals surface area contributed by atoms with Gasteiger partial charge in [-0.1, -0.05) is 0 Å². The lowest BCUT2D eigenvalue weighted by molar-refractivity contribution is 0.724. The summed E-state index contributed by atoms with van der Waals surface area (Å²) in [5.74, 6) is 1.10. The van der Waals surface area contributed by atoms with E-state index in [1.807, 2.05) is 6.92 Å². The van der Waals surface area contributed by atoms with Crippen LogP contribution in [0, 0.1) is 13.8 Å². The second-order valence-electron chi connectivity index (χ2n) is 4.00. The lowest BCUT2D eigenvalue weighted by atomic mass is 10.2. The third kappa shape index (κ3) is 2.26. The molecule has 1 aromatic heterocycles. The maximum atomic E-state index is 4.39. The van der Waals surface area contributed by atoms with Gasteiger partial charge in [-0.05, 0) is 26.8 Å². The maximum Gasteiger partial charge on any atom is 0.135 e. The minimum Gasteiger partial charge on any atom is -0.355 e. The molecule has 0 unspecified atom stereocenters. The molecule has 0 aromatic carbocycles. The van der Waals surface area contributed by atoms with Crippen LogP contribution in [-0.2, 0) is 0 Å². The van der Waals surface area contributed by atoms with Crippen molar-refractivity contribution in [2.45, 2.75) is 20.3 Å². The number of aryl methyl sites for hydroxylation is 1. The van der Waals surface area contributed by atoms with Gasteiger partial charge in [-0.15, -0.1) is 0 Å². The molecule has 1 aliphatic rings. The standard InChI is InChI=1S/C11H18N4/c1-9-10(2)13-8-14-11(9)15-6-3-4-12-5-7-15/h8,12H,3-7H2,1-2H3. The van der Waals surface area contributed by atoms with Crippen LogP contribution in [0.2, 0.25) is 0 Å². The third-order valence-electron chi connectivity index (χ3n) is 2.95. The molecule has 0 saturated carbocycles. The van der Waals surface area contributed by atoms with Gasteiger partial charge in [0.1, 0.15) is 12.1 Å². The molecule has 82 valence electrons. The number of hydrogen-bond acceptors (Lipinski definition) is 4. The molecule has 1 aliphatic heterocycles. The Kier molecular flexibility index (Phi) is 3.16. The van der Waals surface area contributed by atoms with Gasteiger partial charge in [-0.25, -0.2) is 9.97 Å². The summed E-state index contributed by atoms with van der Waals surface area (Å²) in [6, 6.07) is 0. The van der Waals surface area contributed by atoms with Gasteiger partial charge in [0, 0.05) is 30.9 Å². The quantitative estimate of drug-likeness (QED) is 0.741. The highest BCUT2D eigenvalue weighted by Gasteiger charge is 2.13. The molecule has 1 fully saturated rings. The average molecular weight is 206 g/mol. The first-order valence-corrected chi connectivity index (χ1v) is 5.53. The van der Waals surface area contributed by atoms with Crippen LogP contribution >= 0.6 is 0 Å². The molecular weight excluding hydrogens is 188 g/mol. The number of hydrogen-bond donors (Lipinski definition) is 1. The van der Waals surface area contributed by atoms with E-state index in [4.69, 9.17) is 0 Å². The average Bonchev–Trinajstić information content (AvgIpc) is 2.50. The van der Waals surface area contributed by atoms with Crippen molar-refractivity contribution in [3.8, 4) is 0 Å². The molecular formula is C11H18N4. The zero-order chi connectivity index (χ0) is 10.7. The van der Waals surface area contributed by atoms with Crippen LogP contribution in [0.3, 0.4) is 0 Å². The molecule has 1 N–H and O–H groups in total. The van der Waals surface area contributed by atoms with E-state index in [1.54, 1.807) is 6.33 Å². The number of rotatable bonds is 1. The van der Waals surface area contributed by atoms with Crippen molar-refractivity contribution in [3.05, 3.63) is 17.6 Å². The Bertz CT molecular complexity index is 329. The van der Waals surface area contributed by atoms with Gasteiger partial charge in [0.05, 0.1) is 0 Å². The summed E-state index contributed by atoms with van der Waals surface area (Å²) >= 11 is 0. The lowest BCUT2D eigenvalue weighted by Gasteiger charge is -2.23. The van der Waals surface area contributed by atoms with Crippen LogP contribution < -0.4 is 10.2 Å². The molecule has 2 heterocycles. The minimum absolute atomic E-state index is 1.04. The van der Waals surface area contributed by atoms with Crippen molar-refractivity contribution < 1.29 is 0 Å². The first-order chi connectivity index (χ1) is 7.29. The Morgan fingerprint density at radius 1 is 1.20 bits per heavy atom. The van der Waals surface area contributed by atoms with Gasteiger partial charge in [0.15, 0.2) is 0 Å². The van der Waals surface area contributed by atoms with E-state index in [1.165, 1.54) is 12.0 Å². The zero-order valence-corrected chi connectivity index (χ0v) is 9.45. The highest BCUT2D eigenvalue weighted by Crippen LogP contribution is 2.18. The Hall–Kier alpha value is -1.16.